The van der Waals surface area contributed by atoms with Gasteiger partial charge in [-0.25, -0.2) is 14.6 Å². The van der Waals surface area contributed by atoms with Crippen LogP contribution in [0.3, 0.4) is 0 Å². The van der Waals surface area contributed by atoms with Crippen LogP contribution in [-0.2, 0) is 4.74 Å². The number of esters is 1. The molecule has 9 heteroatoms. The zero-order valence-electron chi connectivity index (χ0n) is 19.4. The Morgan fingerprint density at radius 3 is 2.77 bits per heavy atom. The lowest BCUT2D eigenvalue weighted by Gasteiger charge is -2.24. The van der Waals surface area contributed by atoms with Crippen molar-refractivity contribution >= 4 is 56.0 Å². The number of benzene rings is 2. The molecule has 0 atom stereocenters. The summed E-state index contributed by atoms with van der Waals surface area (Å²) in [6, 6.07) is 16.9. The van der Waals surface area contributed by atoms with Crippen LogP contribution in [0.5, 0.6) is 0 Å². The Morgan fingerprint density at radius 2 is 1.91 bits per heavy atom. The molecule has 5 rings (SSSR count). The maximum absolute atomic E-state index is 13.0. The first-order chi connectivity index (χ1) is 17.0. The molecule has 0 saturated carbocycles. The van der Waals surface area contributed by atoms with Crippen molar-refractivity contribution in [2.45, 2.75) is 13.3 Å². The van der Waals surface area contributed by atoms with Crippen molar-refractivity contribution in [1.29, 1.82) is 0 Å². The summed E-state index contributed by atoms with van der Waals surface area (Å²) in [6.45, 7) is 4.74. The second-order valence-corrected chi connectivity index (χ2v) is 9.31. The number of amides is 2. The number of ether oxygens (including phenoxy) is 1. The molecule has 0 aliphatic carbocycles. The summed E-state index contributed by atoms with van der Waals surface area (Å²) >= 11 is 3.55. The van der Waals surface area contributed by atoms with E-state index in [1.165, 1.54) is 0 Å². The predicted molar refractivity (Wildman–Crippen MR) is 140 cm³/mol. The summed E-state index contributed by atoms with van der Waals surface area (Å²) in [5.74, 6) is 0.519. The van der Waals surface area contributed by atoms with Gasteiger partial charge in [0.25, 0.3) is 0 Å². The lowest BCUT2D eigenvalue weighted by atomic mass is 10.2. The number of fused-ring (bicyclic) bond motifs is 3. The van der Waals surface area contributed by atoms with Gasteiger partial charge < -0.3 is 24.3 Å². The van der Waals surface area contributed by atoms with Crippen LogP contribution >= 0.6 is 15.9 Å². The summed E-state index contributed by atoms with van der Waals surface area (Å²) in [7, 11) is 0. The summed E-state index contributed by atoms with van der Waals surface area (Å²) in [5.41, 5.74) is 4.00. The lowest BCUT2D eigenvalue weighted by molar-refractivity contribution is 0.0526. The zero-order valence-corrected chi connectivity index (χ0v) is 21.0. The Balaban J connectivity index is 1.32. The first-order valence-electron chi connectivity index (χ1n) is 11.7. The highest BCUT2D eigenvalue weighted by Gasteiger charge is 2.22. The molecule has 1 aliphatic heterocycles. The van der Waals surface area contributed by atoms with E-state index in [4.69, 9.17) is 9.72 Å². The zero-order chi connectivity index (χ0) is 24.4. The van der Waals surface area contributed by atoms with E-state index in [0.717, 1.165) is 39.8 Å². The van der Waals surface area contributed by atoms with Crippen molar-refractivity contribution < 1.29 is 14.3 Å². The number of nitrogens with one attached hydrogen (secondary N) is 1. The third-order valence-corrected chi connectivity index (χ3v) is 6.60. The second kappa shape index (κ2) is 9.95. The van der Waals surface area contributed by atoms with E-state index in [-0.39, 0.29) is 6.03 Å². The molecule has 1 saturated heterocycles. The number of halogens is 1. The number of hydrogen-bond donors (Lipinski definition) is 1. The number of aromatic nitrogens is 2. The quantitative estimate of drug-likeness (QED) is 0.364. The molecule has 35 heavy (non-hydrogen) atoms. The third kappa shape index (κ3) is 4.81. The summed E-state index contributed by atoms with van der Waals surface area (Å²) < 4.78 is 8.20. The van der Waals surface area contributed by atoms with Crippen LogP contribution in [-0.4, -0.2) is 59.1 Å². The van der Waals surface area contributed by atoms with Crippen molar-refractivity contribution in [2.24, 2.45) is 0 Å². The molecule has 0 unspecified atom stereocenters. The average molecular weight is 536 g/mol. The molecule has 1 fully saturated rings. The molecule has 0 spiro atoms. The van der Waals surface area contributed by atoms with Crippen molar-refractivity contribution in [2.75, 3.05) is 43.0 Å². The van der Waals surface area contributed by atoms with Gasteiger partial charge in [0.05, 0.1) is 28.7 Å². The molecular weight excluding hydrogens is 510 g/mol. The van der Waals surface area contributed by atoms with Gasteiger partial charge in [0, 0.05) is 42.5 Å². The number of rotatable bonds is 4. The normalized spacial score (nSPS) is 14.2. The van der Waals surface area contributed by atoms with Crippen LogP contribution in [0.4, 0.5) is 16.3 Å². The van der Waals surface area contributed by atoms with Gasteiger partial charge in [-0.3, -0.25) is 0 Å². The third-order valence-electron chi connectivity index (χ3n) is 6.11. The highest BCUT2D eigenvalue weighted by Crippen LogP contribution is 2.28. The Hall–Kier alpha value is -3.59. The van der Waals surface area contributed by atoms with Gasteiger partial charge >= 0.3 is 12.0 Å². The molecule has 0 bridgehead atoms. The molecule has 2 amide bonds. The molecular formula is C26H26BrN5O3. The minimum Gasteiger partial charge on any atom is -0.462 e. The largest absolute Gasteiger partial charge is 0.462 e. The number of carbonyl (C=O) groups is 2. The van der Waals surface area contributed by atoms with E-state index in [1.54, 1.807) is 31.2 Å². The van der Waals surface area contributed by atoms with Gasteiger partial charge in [-0.1, -0.05) is 22.0 Å². The first-order valence-corrected chi connectivity index (χ1v) is 12.5. The van der Waals surface area contributed by atoms with Crippen molar-refractivity contribution in [3.05, 3.63) is 70.8 Å². The Kier molecular flexibility index (Phi) is 6.59. The standard InChI is InChI=1S/C26H26BrN5O3/c1-2-35-25(33)18-6-3-7-20(16-18)28-26(34)31-12-5-11-30(14-15-31)24-23-8-4-13-32(23)22-10-9-19(27)17-21(22)29-24/h3-4,6-10,13,16-17H,2,5,11-12,14-15H2,1H3,(H,28,34). The van der Waals surface area contributed by atoms with E-state index in [9.17, 15) is 9.59 Å². The molecule has 180 valence electrons. The minimum atomic E-state index is -0.402. The maximum Gasteiger partial charge on any atom is 0.338 e. The molecule has 3 heterocycles. The van der Waals surface area contributed by atoms with Gasteiger partial charge in [0.2, 0.25) is 0 Å². The fourth-order valence-corrected chi connectivity index (χ4v) is 4.79. The number of urea groups is 1. The van der Waals surface area contributed by atoms with Crippen LogP contribution < -0.4 is 10.2 Å². The van der Waals surface area contributed by atoms with E-state index < -0.39 is 5.97 Å². The molecule has 2 aromatic heterocycles. The Morgan fingerprint density at radius 1 is 1.03 bits per heavy atom. The monoisotopic (exact) mass is 535 g/mol. The maximum atomic E-state index is 13.0. The average Bonchev–Trinajstić information content (AvgIpc) is 3.21. The number of nitrogens with zero attached hydrogens (tertiary/aromatic N) is 4. The fraction of sp³-hybridized carbons (Fsp3) is 0.269. The summed E-state index contributed by atoms with van der Waals surface area (Å²) in [4.78, 5) is 34.1. The second-order valence-electron chi connectivity index (χ2n) is 8.39. The van der Waals surface area contributed by atoms with Crippen LogP contribution in [0, 0.1) is 0 Å². The van der Waals surface area contributed by atoms with Crippen LogP contribution in [0.1, 0.15) is 23.7 Å². The minimum absolute atomic E-state index is 0.184. The van der Waals surface area contributed by atoms with Gasteiger partial charge in [-0.15, -0.1) is 0 Å². The summed E-state index contributed by atoms with van der Waals surface area (Å²) in [5, 5.41) is 2.92. The van der Waals surface area contributed by atoms with Gasteiger partial charge in [-0.05, 0) is 61.9 Å². The highest BCUT2D eigenvalue weighted by atomic mass is 79.9. The predicted octanol–water partition coefficient (Wildman–Crippen LogP) is 5.17. The SMILES string of the molecule is CCOC(=O)c1cccc(NC(=O)N2CCCN(c3nc4cc(Br)ccc4n4cccc34)CC2)c1. The highest BCUT2D eigenvalue weighted by molar-refractivity contribution is 9.10. The topological polar surface area (TPSA) is 79.2 Å². The Bertz CT molecular complexity index is 1400. The van der Waals surface area contributed by atoms with Gasteiger partial charge in [0.15, 0.2) is 5.82 Å². The van der Waals surface area contributed by atoms with E-state index >= 15 is 0 Å². The van der Waals surface area contributed by atoms with Crippen LogP contribution in [0.25, 0.3) is 16.6 Å². The van der Waals surface area contributed by atoms with Crippen molar-refractivity contribution in [3.8, 4) is 0 Å². The number of carbonyl (C=O) groups excluding carboxylic acids is 2. The summed E-state index contributed by atoms with van der Waals surface area (Å²) in [6.07, 6.45) is 2.88. The van der Waals surface area contributed by atoms with Crippen LogP contribution in [0.15, 0.2) is 65.3 Å². The van der Waals surface area contributed by atoms with Gasteiger partial charge in [-0.2, -0.15) is 0 Å². The number of hydrogen-bond acceptors (Lipinski definition) is 5. The van der Waals surface area contributed by atoms with Gasteiger partial charge in [0.1, 0.15) is 0 Å². The first kappa shape index (κ1) is 23.2. The van der Waals surface area contributed by atoms with Crippen molar-refractivity contribution in [3.63, 3.8) is 0 Å². The number of anilines is 2. The molecule has 0 radical (unpaired) electrons. The molecule has 1 N–H and O–H groups in total. The van der Waals surface area contributed by atoms with E-state index in [0.29, 0.717) is 37.5 Å². The van der Waals surface area contributed by atoms with Crippen LogP contribution in [0.2, 0.25) is 0 Å². The molecule has 8 nitrogen and oxygen atoms in total. The van der Waals surface area contributed by atoms with E-state index in [2.05, 4.69) is 48.9 Å². The smallest absolute Gasteiger partial charge is 0.338 e. The fourth-order valence-electron chi connectivity index (χ4n) is 4.44. The van der Waals surface area contributed by atoms with E-state index in [1.807, 2.05) is 23.1 Å². The van der Waals surface area contributed by atoms with Crippen molar-refractivity contribution in [1.82, 2.24) is 14.3 Å². The molecule has 1 aliphatic rings. The lowest BCUT2D eigenvalue weighted by Crippen LogP contribution is -2.38. The molecule has 4 aromatic rings. The Labute approximate surface area is 211 Å². The molecule has 2 aromatic carbocycles.